The molecule has 1 rings (SSSR count). The van der Waals surface area contributed by atoms with Crippen molar-refractivity contribution in [2.24, 2.45) is 0 Å². The zero-order chi connectivity index (χ0) is 11.5. The van der Waals surface area contributed by atoms with Crippen LogP contribution in [0.1, 0.15) is 15.9 Å². The molecule has 0 bridgehead atoms. The Bertz CT molecular complexity index is 363. The molecule has 1 amide bonds. The predicted octanol–water partition coefficient (Wildman–Crippen LogP) is 1.55. The van der Waals surface area contributed by atoms with Crippen molar-refractivity contribution in [3.63, 3.8) is 0 Å². The molecule has 0 spiro atoms. The van der Waals surface area contributed by atoms with E-state index in [4.69, 9.17) is 0 Å². The Hall–Kier alpha value is -1.59. The standard InChI is InChI=1S/C9H9F3N2O/c1-13-8(15)7-5-14-3-2-6(7)4-9(10,11)12/h2-3,5H,4H2,1H3,(H,13,15). The summed E-state index contributed by atoms with van der Waals surface area (Å²) in [6.07, 6.45) is -3.10. The highest BCUT2D eigenvalue weighted by Crippen LogP contribution is 2.22. The summed E-state index contributed by atoms with van der Waals surface area (Å²) < 4.78 is 36.4. The van der Waals surface area contributed by atoms with Crippen molar-refractivity contribution in [2.45, 2.75) is 12.6 Å². The van der Waals surface area contributed by atoms with Crippen molar-refractivity contribution in [3.8, 4) is 0 Å². The molecule has 0 aliphatic carbocycles. The van der Waals surface area contributed by atoms with E-state index in [9.17, 15) is 18.0 Å². The van der Waals surface area contributed by atoms with Crippen LogP contribution in [0.2, 0.25) is 0 Å². The Morgan fingerprint density at radius 2 is 2.20 bits per heavy atom. The van der Waals surface area contributed by atoms with E-state index in [-0.39, 0.29) is 11.1 Å². The first-order valence-electron chi connectivity index (χ1n) is 4.16. The maximum absolute atomic E-state index is 12.1. The van der Waals surface area contributed by atoms with E-state index in [1.165, 1.54) is 19.3 Å². The number of pyridine rings is 1. The third kappa shape index (κ3) is 3.23. The van der Waals surface area contributed by atoms with Gasteiger partial charge in [-0.3, -0.25) is 9.78 Å². The summed E-state index contributed by atoms with van der Waals surface area (Å²) in [7, 11) is 1.35. The van der Waals surface area contributed by atoms with E-state index in [2.05, 4.69) is 10.3 Å². The Kier molecular flexibility index (Phi) is 3.28. The van der Waals surface area contributed by atoms with Crippen LogP contribution in [0.4, 0.5) is 13.2 Å². The van der Waals surface area contributed by atoms with Crippen LogP contribution in [0.15, 0.2) is 18.5 Å². The predicted molar refractivity (Wildman–Crippen MR) is 47.4 cm³/mol. The van der Waals surface area contributed by atoms with E-state index in [0.29, 0.717) is 0 Å². The highest BCUT2D eigenvalue weighted by molar-refractivity contribution is 5.95. The zero-order valence-electron chi connectivity index (χ0n) is 7.93. The van der Waals surface area contributed by atoms with Gasteiger partial charge in [0.2, 0.25) is 0 Å². The number of hydrogen-bond donors (Lipinski definition) is 1. The summed E-state index contributed by atoms with van der Waals surface area (Å²) in [5.41, 5.74) is -0.117. The zero-order valence-corrected chi connectivity index (χ0v) is 7.93. The van der Waals surface area contributed by atoms with Gasteiger partial charge in [0.1, 0.15) is 0 Å². The molecule has 0 aliphatic rings. The fourth-order valence-electron chi connectivity index (χ4n) is 1.13. The van der Waals surface area contributed by atoms with Gasteiger partial charge in [0, 0.05) is 19.4 Å². The molecule has 1 N–H and O–H groups in total. The van der Waals surface area contributed by atoms with Crippen molar-refractivity contribution in [3.05, 3.63) is 29.6 Å². The van der Waals surface area contributed by atoms with Crippen LogP contribution in [0.3, 0.4) is 0 Å². The quantitative estimate of drug-likeness (QED) is 0.818. The topological polar surface area (TPSA) is 42.0 Å². The second kappa shape index (κ2) is 4.29. The number of amides is 1. The van der Waals surface area contributed by atoms with E-state index in [0.717, 1.165) is 6.20 Å². The number of nitrogens with zero attached hydrogens (tertiary/aromatic N) is 1. The van der Waals surface area contributed by atoms with Crippen LogP contribution in [0.5, 0.6) is 0 Å². The molecule has 15 heavy (non-hydrogen) atoms. The Morgan fingerprint density at radius 3 is 2.73 bits per heavy atom. The van der Waals surface area contributed by atoms with E-state index in [1.54, 1.807) is 0 Å². The van der Waals surface area contributed by atoms with Gasteiger partial charge in [0.25, 0.3) is 5.91 Å². The van der Waals surface area contributed by atoms with Crippen molar-refractivity contribution in [1.29, 1.82) is 0 Å². The third-order valence-corrected chi connectivity index (χ3v) is 1.77. The average Bonchev–Trinajstić information content (AvgIpc) is 2.15. The van der Waals surface area contributed by atoms with Crippen LogP contribution in [-0.4, -0.2) is 24.1 Å². The largest absolute Gasteiger partial charge is 0.393 e. The number of hydrogen-bond acceptors (Lipinski definition) is 2. The minimum atomic E-state index is -4.33. The molecule has 0 aliphatic heterocycles. The van der Waals surface area contributed by atoms with E-state index in [1.807, 2.05) is 0 Å². The Labute approximate surface area is 84.3 Å². The number of nitrogens with one attached hydrogen (secondary N) is 1. The summed E-state index contributed by atoms with van der Waals surface area (Å²) in [5, 5.41) is 2.26. The van der Waals surface area contributed by atoms with E-state index < -0.39 is 18.5 Å². The van der Waals surface area contributed by atoms with Gasteiger partial charge in [-0.15, -0.1) is 0 Å². The lowest BCUT2D eigenvalue weighted by molar-refractivity contribution is -0.127. The number of carbonyl (C=O) groups is 1. The highest BCUT2D eigenvalue weighted by Gasteiger charge is 2.29. The number of halogens is 3. The molecule has 0 atom stereocenters. The first kappa shape index (κ1) is 11.5. The number of alkyl halides is 3. The fraction of sp³-hybridized carbons (Fsp3) is 0.333. The van der Waals surface area contributed by atoms with Crippen molar-refractivity contribution in [1.82, 2.24) is 10.3 Å². The SMILES string of the molecule is CNC(=O)c1cnccc1CC(F)(F)F. The van der Waals surface area contributed by atoms with Crippen molar-refractivity contribution in [2.75, 3.05) is 7.05 Å². The Morgan fingerprint density at radius 1 is 1.53 bits per heavy atom. The molecule has 0 aromatic carbocycles. The van der Waals surface area contributed by atoms with Crippen LogP contribution < -0.4 is 5.32 Å². The van der Waals surface area contributed by atoms with E-state index >= 15 is 0 Å². The van der Waals surface area contributed by atoms with Crippen LogP contribution >= 0.6 is 0 Å². The molecule has 3 nitrogen and oxygen atoms in total. The molecule has 0 saturated heterocycles. The first-order chi connectivity index (χ1) is 6.94. The van der Waals surface area contributed by atoms with Crippen LogP contribution in [0, 0.1) is 0 Å². The first-order valence-corrected chi connectivity index (χ1v) is 4.16. The molecule has 82 valence electrons. The summed E-state index contributed by atoms with van der Waals surface area (Å²) in [6.45, 7) is 0. The number of carbonyl (C=O) groups excluding carboxylic acids is 1. The lowest BCUT2D eigenvalue weighted by Gasteiger charge is -2.09. The molecule has 0 unspecified atom stereocenters. The Balaban J connectivity index is 3.02. The van der Waals surface area contributed by atoms with Gasteiger partial charge in [-0.05, 0) is 11.6 Å². The molecule has 0 saturated carbocycles. The highest BCUT2D eigenvalue weighted by atomic mass is 19.4. The van der Waals surface area contributed by atoms with Gasteiger partial charge in [-0.2, -0.15) is 13.2 Å². The smallest absolute Gasteiger partial charge is 0.355 e. The maximum Gasteiger partial charge on any atom is 0.393 e. The van der Waals surface area contributed by atoms with Gasteiger partial charge in [0.15, 0.2) is 0 Å². The minimum Gasteiger partial charge on any atom is -0.355 e. The second-order valence-corrected chi connectivity index (χ2v) is 2.90. The van der Waals surface area contributed by atoms with Crippen LogP contribution in [0.25, 0.3) is 0 Å². The minimum absolute atomic E-state index is 0.0441. The summed E-state index contributed by atoms with van der Waals surface area (Å²) in [6, 6.07) is 1.19. The van der Waals surface area contributed by atoms with Gasteiger partial charge in [-0.25, -0.2) is 0 Å². The van der Waals surface area contributed by atoms with Crippen LogP contribution in [-0.2, 0) is 6.42 Å². The summed E-state index contributed by atoms with van der Waals surface area (Å²) in [4.78, 5) is 14.8. The number of aromatic nitrogens is 1. The molecule has 0 fully saturated rings. The summed E-state index contributed by atoms with van der Waals surface area (Å²) in [5.74, 6) is -0.567. The molecule has 0 radical (unpaired) electrons. The van der Waals surface area contributed by atoms with Gasteiger partial charge in [0.05, 0.1) is 12.0 Å². The van der Waals surface area contributed by atoms with Gasteiger partial charge < -0.3 is 5.32 Å². The number of rotatable bonds is 2. The molecule has 1 aromatic heterocycles. The molecular weight excluding hydrogens is 209 g/mol. The lowest BCUT2D eigenvalue weighted by Crippen LogP contribution is -2.22. The monoisotopic (exact) mass is 218 g/mol. The third-order valence-electron chi connectivity index (χ3n) is 1.77. The van der Waals surface area contributed by atoms with Crippen molar-refractivity contribution < 1.29 is 18.0 Å². The van der Waals surface area contributed by atoms with Gasteiger partial charge >= 0.3 is 6.18 Å². The molecule has 1 aromatic rings. The lowest BCUT2D eigenvalue weighted by atomic mass is 10.1. The average molecular weight is 218 g/mol. The second-order valence-electron chi connectivity index (χ2n) is 2.90. The molecule has 1 heterocycles. The summed E-state index contributed by atoms with van der Waals surface area (Å²) >= 11 is 0. The maximum atomic E-state index is 12.1. The van der Waals surface area contributed by atoms with Gasteiger partial charge in [-0.1, -0.05) is 0 Å². The van der Waals surface area contributed by atoms with Crippen molar-refractivity contribution >= 4 is 5.91 Å². The normalized spacial score (nSPS) is 11.2. The molecular formula is C9H9F3N2O. The molecule has 6 heteroatoms. The fourth-order valence-corrected chi connectivity index (χ4v) is 1.13.